The van der Waals surface area contributed by atoms with Crippen molar-refractivity contribution in [2.75, 3.05) is 51.2 Å². The monoisotopic (exact) mass is 637 g/mol. The van der Waals surface area contributed by atoms with E-state index in [4.69, 9.17) is 18.9 Å². The van der Waals surface area contributed by atoms with Crippen LogP contribution in [0.5, 0.6) is 23.0 Å². The molecule has 0 bridgehead atoms. The second-order valence-electron chi connectivity index (χ2n) is 10.8. The van der Waals surface area contributed by atoms with E-state index < -0.39 is 29.3 Å². The van der Waals surface area contributed by atoms with Crippen LogP contribution in [0.25, 0.3) is 0 Å². The van der Waals surface area contributed by atoms with Gasteiger partial charge in [-0.15, -0.1) is 0 Å². The van der Waals surface area contributed by atoms with Crippen LogP contribution in [0, 0.1) is 23.4 Å². The van der Waals surface area contributed by atoms with Crippen molar-refractivity contribution in [1.82, 2.24) is 14.9 Å². The summed E-state index contributed by atoms with van der Waals surface area (Å²) in [7, 11) is 5.00. The number of anilines is 3. The molecule has 1 N–H and O–H groups in total. The highest BCUT2D eigenvalue weighted by molar-refractivity contribution is 5.88. The van der Waals surface area contributed by atoms with Crippen molar-refractivity contribution in [3.05, 3.63) is 89.9 Å². The Bertz CT molecular complexity index is 1660. The molecule has 1 atom stereocenters. The molecular formula is C33H34F3N5O5. The van der Waals surface area contributed by atoms with Crippen LogP contribution in [0.3, 0.4) is 0 Å². The Balaban J connectivity index is 1.38. The number of carbonyl (C=O) groups excluding carboxylic acids is 1. The molecule has 2 heterocycles. The molecule has 1 amide bonds. The molecule has 1 fully saturated rings. The highest BCUT2D eigenvalue weighted by atomic mass is 19.1. The minimum atomic E-state index is -1.13. The van der Waals surface area contributed by atoms with Gasteiger partial charge >= 0.3 is 6.09 Å². The summed E-state index contributed by atoms with van der Waals surface area (Å²) in [5.41, 5.74) is 0.815. The fourth-order valence-electron chi connectivity index (χ4n) is 5.14. The van der Waals surface area contributed by atoms with Crippen LogP contribution in [-0.2, 0) is 6.54 Å². The molecule has 0 spiro atoms. The summed E-state index contributed by atoms with van der Waals surface area (Å²) in [5.74, 6) is -2.15. The molecule has 0 aliphatic carbocycles. The van der Waals surface area contributed by atoms with E-state index in [1.165, 1.54) is 38.6 Å². The summed E-state index contributed by atoms with van der Waals surface area (Å²) in [6.07, 6.45) is 2.35. The van der Waals surface area contributed by atoms with Crippen molar-refractivity contribution < 1.29 is 36.9 Å². The van der Waals surface area contributed by atoms with E-state index in [1.807, 2.05) is 0 Å². The largest absolute Gasteiger partial charge is 0.497 e. The number of halogens is 3. The molecule has 3 aromatic carbocycles. The van der Waals surface area contributed by atoms with Crippen LogP contribution in [0.15, 0.2) is 66.9 Å². The minimum Gasteiger partial charge on any atom is -0.497 e. The van der Waals surface area contributed by atoms with Gasteiger partial charge in [-0.25, -0.2) is 22.9 Å². The molecule has 4 aromatic rings. The first-order valence-corrected chi connectivity index (χ1v) is 14.6. The van der Waals surface area contributed by atoms with Crippen LogP contribution in [-0.4, -0.2) is 61.9 Å². The highest BCUT2D eigenvalue weighted by Gasteiger charge is 2.25. The van der Waals surface area contributed by atoms with Crippen molar-refractivity contribution in [2.24, 2.45) is 5.92 Å². The van der Waals surface area contributed by atoms with E-state index in [2.05, 4.69) is 27.2 Å². The number of ether oxygens (including phenoxy) is 4. The van der Waals surface area contributed by atoms with E-state index in [9.17, 15) is 18.0 Å². The highest BCUT2D eigenvalue weighted by Crippen LogP contribution is 2.30. The minimum absolute atomic E-state index is 0.0157. The van der Waals surface area contributed by atoms with E-state index in [0.717, 1.165) is 49.0 Å². The lowest BCUT2D eigenvalue weighted by Gasteiger charge is -2.29. The van der Waals surface area contributed by atoms with Gasteiger partial charge < -0.3 is 29.2 Å². The lowest BCUT2D eigenvalue weighted by molar-refractivity contribution is 0.147. The molecule has 0 saturated carbocycles. The Hall–Kier alpha value is -5.04. The molecule has 46 heavy (non-hydrogen) atoms. The Kier molecular flexibility index (Phi) is 10.4. The Morgan fingerprint density at radius 1 is 1.00 bits per heavy atom. The summed E-state index contributed by atoms with van der Waals surface area (Å²) in [4.78, 5) is 25.4. The summed E-state index contributed by atoms with van der Waals surface area (Å²) in [5, 5.41) is 2.92. The van der Waals surface area contributed by atoms with Gasteiger partial charge in [0.1, 0.15) is 17.3 Å². The van der Waals surface area contributed by atoms with E-state index in [1.54, 1.807) is 24.3 Å². The lowest BCUT2D eigenvalue weighted by Crippen LogP contribution is -2.34. The van der Waals surface area contributed by atoms with E-state index in [-0.39, 0.29) is 24.1 Å². The number of hydrogen-bond donors (Lipinski definition) is 1. The summed E-state index contributed by atoms with van der Waals surface area (Å²) in [6, 6.07) is 13.9. The number of methoxy groups -OCH3 is 2. The maximum absolute atomic E-state index is 15.0. The Labute approximate surface area is 264 Å². The molecule has 1 aromatic heterocycles. The zero-order chi connectivity index (χ0) is 32.6. The van der Waals surface area contributed by atoms with Crippen LogP contribution in [0.1, 0.15) is 18.4 Å². The van der Waals surface area contributed by atoms with Crippen LogP contribution in [0.4, 0.5) is 35.4 Å². The number of nitrogens with zero attached hydrogens (tertiary/aromatic N) is 4. The van der Waals surface area contributed by atoms with Crippen molar-refractivity contribution >= 4 is 23.5 Å². The zero-order valence-corrected chi connectivity index (χ0v) is 25.6. The lowest BCUT2D eigenvalue weighted by atomic mass is 10.00. The van der Waals surface area contributed by atoms with Gasteiger partial charge in [0.2, 0.25) is 11.7 Å². The van der Waals surface area contributed by atoms with Gasteiger partial charge in [0.15, 0.2) is 23.2 Å². The Morgan fingerprint density at radius 2 is 1.78 bits per heavy atom. The molecule has 242 valence electrons. The molecule has 0 radical (unpaired) electrons. The van der Waals surface area contributed by atoms with E-state index >= 15 is 0 Å². The number of carbonyl (C=O) groups is 1. The number of para-hydroxylation sites is 1. The number of benzene rings is 3. The summed E-state index contributed by atoms with van der Waals surface area (Å²) < 4.78 is 65.5. The first kappa shape index (κ1) is 32.4. The van der Waals surface area contributed by atoms with Gasteiger partial charge in [0.05, 0.1) is 27.4 Å². The third kappa shape index (κ3) is 7.96. The average molecular weight is 638 g/mol. The molecule has 10 nitrogen and oxygen atoms in total. The molecule has 1 saturated heterocycles. The van der Waals surface area contributed by atoms with Gasteiger partial charge in [-0.1, -0.05) is 6.07 Å². The fourth-order valence-corrected chi connectivity index (χ4v) is 5.14. The van der Waals surface area contributed by atoms with Gasteiger partial charge in [-0.05, 0) is 75.0 Å². The fraction of sp³-hybridized carbons (Fsp3) is 0.303. The van der Waals surface area contributed by atoms with Gasteiger partial charge in [-0.3, -0.25) is 4.90 Å². The van der Waals surface area contributed by atoms with Gasteiger partial charge in [0, 0.05) is 36.0 Å². The smallest absolute Gasteiger partial charge is 0.421 e. The Morgan fingerprint density at radius 3 is 2.50 bits per heavy atom. The predicted octanol–water partition coefficient (Wildman–Crippen LogP) is 6.58. The topological polar surface area (TPSA) is 98.3 Å². The number of piperidine rings is 1. The standard InChI is InChI=1S/C33H34F3N5O5/c1-40-15-5-6-21(18-40)20-45-29-11-9-23(17-27(29)36)38-32-37-14-13-30(39-32)41(19-22-16-24(43-2)10-12-28(22)44-3)33(42)46-31-25(34)7-4-8-26(31)35/h4,7-14,16-17,21H,5-6,15,18-20H2,1-3H3,(H,37,38,39). The number of amides is 1. The second kappa shape index (κ2) is 14.8. The first-order valence-electron chi connectivity index (χ1n) is 14.6. The molecule has 1 unspecified atom stereocenters. The SMILES string of the molecule is COc1ccc(OC)c(CN(C(=O)Oc2c(F)cccc2F)c2ccnc(Nc3ccc(OCC4CCCN(C)C4)c(F)c3)n2)c1. The summed E-state index contributed by atoms with van der Waals surface area (Å²) >= 11 is 0. The number of nitrogens with one attached hydrogen (secondary N) is 1. The zero-order valence-electron chi connectivity index (χ0n) is 25.6. The number of rotatable bonds is 11. The van der Waals surface area contributed by atoms with Crippen molar-refractivity contribution in [3.8, 4) is 23.0 Å². The maximum Gasteiger partial charge on any atom is 0.421 e. The second-order valence-corrected chi connectivity index (χ2v) is 10.8. The van der Waals surface area contributed by atoms with Gasteiger partial charge in [0.25, 0.3) is 0 Å². The quantitative estimate of drug-likeness (QED) is 0.196. The van der Waals surface area contributed by atoms with Crippen molar-refractivity contribution in [1.29, 1.82) is 0 Å². The average Bonchev–Trinajstić information content (AvgIpc) is 3.05. The van der Waals surface area contributed by atoms with Crippen LogP contribution in [0.2, 0.25) is 0 Å². The predicted molar refractivity (Wildman–Crippen MR) is 166 cm³/mol. The number of aromatic nitrogens is 2. The molecule has 13 heteroatoms. The third-order valence-electron chi connectivity index (χ3n) is 7.45. The van der Waals surface area contributed by atoms with E-state index in [0.29, 0.717) is 35.3 Å². The van der Waals surface area contributed by atoms with Crippen molar-refractivity contribution in [3.63, 3.8) is 0 Å². The molecule has 5 rings (SSSR count). The maximum atomic E-state index is 15.0. The van der Waals surface area contributed by atoms with Crippen LogP contribution < -0.4 is 29.2 Å². The molecular weight excluding hydrogens is 603 g/mol. The number of hydrogen-bond acceptors (Lipinski definition) is 9. The van der Waals surface area contributed by atoms with Gasteiger partial charge in [-0.2, -0.15) is 4.98 Å². The third-order valence-corrected chi connectivity index (χ3v) is 7.45. The normalized spacial score (nSPS) is 14.8. The summed E-state index contributed by atoms with van der Waals surface area (Å²) in [6.45, 7) is 2.18. The molecule has 1 aliphatic rings. The first-order chi connectivity index (χ1) is 22.2. The molecule has 1 aliphatic heterocycles. The number of likely N-dealkylation sites (tertiary alicyclic amines) is 1. The van der Waals surface area contributed by atoms with Crippen LogP contribution >= 0.6 is 0 Å². The van der Waals surface area contributed by atoms with Crippen molar-refractivity contribution in [2.45, 2.75) is 19.4 Å².